The molecule has 3 aromatic rings. The van der Waals surface area contributed by atoms with Crippen molar-refractivity contribution in [3.05, 3.63) is 94.8 Å². The maximum Gasteiger partial charge on any atom is 0.242 e. The van der Waals surface area contributed by atoms with Gasteiger partial charge < -0.3 is 5.32 Å². The second-order valence-electron chi connectivity index (χ2n) is 7.58. The molecule has 3 rings (SSSR count). The number of hydrogen-bond acceptors (Lipinski definition) is 3. The van der Waals surface area contributed by atoms with Crippen LogP contribution in [0.3, 0.4) is 0 Å². The van der Waals surface area contributed by atoms with Gasteiger partial charge >= 0.3 is 0 Å². The lowest BCUT2D eigenvalue weighted by atomic mass is 10.0. The Morgan fingerprint density at radius 3 is 2.10 bits per heavy atom. The van der Waals surface area contributed by atoms with E-state index in [0.717, 1.165) is 34.4 Å². The second-order valence-corrected chi connectivity index (χ2v) is 9.29. The molecular weight excluding hydrogens is 415 g/mol. The van der Waals surface area contributed by atoms with Crippen molar-refractivity contribution >= 4 is 21.6 Å². The van der Waals surface area contributed by atoms with Crippen molar-refractivity contribution in [1.82, 2.24) is 4.72 Å². The molecule has 7 heteroatoms. The summed E-state index contributed by atoms with van der Waals surface area (Å²) in [5.41, 5.74) is 4.33. The predicted octanol–water partition coefficient (Wildman–Crippen LogP) is 4.28. The van der Waals surface area contributed by atoms with E-state index in [-0.39, 0.29) is 11.3 Å². The molecule has 0 aliphatic rings. The summed E-state index contributed by atoms with van der Waals surface area (Å²) in [6.07, 6.45) is 0.164. The van der Waals surface area contributed by atoms with Gasteiger partial charge in [0.2, 0.25) is 15.9 Å². The minimum Gasteiger partial charge on any atom is -0.324 e. The summed E-state index contributed by atoms with van der Waals surface area (Å²) in [4.78, 5) is 13.1. The predicted molar refractivity (Wildman–Crippen MR) is 120 cm³/mol. The fourth-order valence-electron chi connectivity index (χ4n) is 3.49. The first kappa shape index (κ1) is 22.7. The molecule has 0 saturated heterocycles. The fraction of sp³-hybridized carbons (Fsp3) is 0.208. The van der Waals surface area contributed by atoms with Crippen molar-refractivity contribution in [2.24, 2.45) is 0 Å². The zero-order valence-electron chi connectivity index (χ0n) is 17.6. The second kappa shape index (κ2) is 9.41. The summed E-state index contributed by atoms with van der Waals surface area (Å²) >= 11 is 0. The lowest BCUT2D eigenvalue weighted by Crippen LogP contribution is -2.45. The van der Waals surface area contributed by atoms with Gasteiger partial charge in [0.15, 0.2) is 0 Å². The largest absolute Gasteiger partial charge is 0.324 e. The van der Waals surface area contributed by atoms with Crippen molar-refractivity contribution in [2.45, 2.75) is 38.1 Å². The minimum absolute atomic E-state index is 0.109. The van der Waals surface area contributed by atoms with E-state index in [1.165, 1.54) is 12.1 Å². The van der Waals surface area contributed by atoms with Gasteiger partial charge in [-0.1, -0.05) is 48.0 Å². The zero-order valence-corrected chi connectivity index (χ0v) is 18.5. The Morgan fingerprint density at radius 2 is 1.52 bits per heavy atom. The van der Waals surface area contributed by atoms with Gasteiger partial charge in [-0.25, -0.2) is 12.8 Å². The number of anilines is 1. The quantitative estimate of drug-likeness (QED) is 0.576. The molecule has 0 aromatic heterocycles. The van der Waals surface area contributed by atoms with E-state index in [2.05, 4.69) is 10.0 Å². The van der Waals surface area contributed by atoms with Gasteiger partial charge in [0.1, 0.15) is 11.9 Å². The van der Waals surface area contributed by atoms with Crippen molar-refractivity contribution in [3.63, 3.8) is 0 Å². The molecule has 3 aromatic carbocycles. The van der Waals surface area contributed by atoms with Gasteiger partial charge in [-0.15, -0.1) is 0 Å². The number of amides is 1. The molecular formula is C24H25FN2O3S. The first-order valence-corrected chi connectivity index (χ1v) is 11.3. The van der Waals surface area contributed by atoms with Crippen LogP contribution in [0.4, 0.5) is 10.1 Å². The number of benzene rings is 3. The average molecular weight is 441 g/mol. The number of rotatable bonds is 7. The van der Waals surface area contributed by atoms with Crippen LogP contribution < -0.4 is 10.0 Å². The van der Waals surface area contributed by atoms with Crippen LogP contribution in [0.2, 0.25) is 0 Å². The van der Waals surface area contributed by atoms with E-state index >= 15 is 0 Å². The van der Waals surface area contributed by atoms with Crippen molar-refractivity contribution in [3.8, 4) is 0 Å². The smallest absolute Gasteiger partial charge is 0.242 e. The monoisotopic (exact) mass is 440 g/mol. The van der Waals surface area contributed by atoms with Crippen LogP contribution in [0.25, 0.3) is 0 Å². The standard InChI is InChI=1S/C24H25FN2O3S/c1-16-13-17(2)23(18(3)14-16)26-24(28)22(15-19-7-5-4-6-8-19)27-31(29,30)21-11-9-20(25)10-12-21/h4-14,22,27H,15H2,1-3H3,(H,26,28)/t22-/m1/s1. The van der Waals surface area contributed by atoms with Crippen molar-refractivity contribution in [1.29, 1.82) is 0 Å². The highest BCUT2D eigenvalue weighted by Crippen LogP contribution is 2.22. The van der Waals surface area contributed by atoms with E-state index in [9.17, 15) is 17.6 Å². The Balaban J connectivity index is 1.91. The summed E-state index contributed by atoms with van der Waals surface area (Å²) in [7, 11) is -4.04. The summed E-state index contributed by atoms with van der Waals surface area (Å²) in [5.74, 6) is -1.01. The number of carbonyl (C=O) groups excluding carboxylic acids is 1. The van der Waals surface area contributed by atoms with Gasteiger partial charge in [0, 0.05) is 5.69 Å². The van der Waals surface area contributed by atoms with Crippen LogP contribution >= 0.6 is 0 Å². The van der Waals surface area contributed by atoms with Crippen LogP contribution in [0.1, 0.15) is 22.3 Å². The lowest BCUT2D eigenvalue weighted by Gasteiger charge is -2.20. The van der Waals surface area contributed by atoms with E-state index < -0.39 is 27.8 Å². The van der Waals surface area contributed by atoms with Crippen LogP contribution in [0.5, 0.6) is 0 Å². The number of halogens is 1. The molecule has 0 heterocycles. The van der Waals surface area contributed by atoms with Crippen molar-refractivity contribution in [2.75, 3.05) is 5.32 Å². The number of hydrogen-bond donors (Lipinski definition) is 2. The number of aryl methyl sites for hydroxylation is 3. The Labute approximate surface area is 182 Å². The Morgan fingerprint density at radius 1 is 0.935 bits per heavy atom. The van der Waals surface area contributed by atoms with Gasteiger partial charge in [-0.05, 0) is 68.1 Å². The topological polar surface area (TPSA) is 75.3 Å². The summed E-state index contributed by atoms with van der Waals surface area (Å²) in [6, 6.07) is 16.5. The fourth-order valence-corrected chi connectivity index (χ4v) is 4.69. The third kappa shape index (κ3) is 5.77. The normalized spacial score (nSPS) is 12.4. The molecule has 31 heavy (non-hydrogen) atoms. The molecule has 162 valence electrons. The van der Waals surface area contributed by atoms with Gasteiger partial charge in [0.05, 0.1) is 4.90 Å². The maximum atomic E-state index is 13.2. The molecule has 0 spiro atoms. The number of carbonyl (C=O) groups is 1. The molecule has 5 nitrogen and oxygen atoms in total. The van der Waals surface area contributed by atoms with Gasteiger partial charge in [-0.2, -0.15) is 4.72 Å². The highest BCUT2D eigenvalue weighted by atomic mass is 32.2. The van der Waals surface area contributed by atoms with Crippen LogP contribution in [0, 0.1) is 26.6 Å². The Bertz CT molecular complexity index is 1150. The van der Waals surface area contributed by atoms with E-state index in [1.54, 1.807) is 0 Å². The summed E-state index contributed by atoms with van der Waals surface area (Å²) < 4.78 is 41.4. The van der Waals surface area contributed by atoms with Crippen LogP contribution in [0.15, 0.2) is 71.6 Å². The molecule has 0 aliphatic heterocycles. The molecule has 0 fully saturated rings. The average Bonchev–Trinajstić information content (AvgIpc) is 2.71. The highest BCUT2D eigenvalue weighted by Gasteiger charge is 2.27. The molecule has 0 aliphatic carbocycles. The zero-order chi connectivity index (χ0) is 22.6. The molecule has 2 N–H and O–H groups in total. The maximum absolute atomic E-state index is 13.2. The van der Waals surface area contributed by atoms with Gasteiger partial charge in [-0.3, -0.25) is 4.79 Å². The third-order valence-electron chi connectivity index (χ3n) is 4.95. The summed E-state index contributed by atoms with van der Waals surface area (Å²) in [5, 5.41) is 2.88. The molecule has 0 radical (unpaired) electrons. The van der Waals surface area contributed by atoms with Crippen molar-refractivity contribution < 1.29 is 17.6 Å². The van der Waals surface area contributed by atoms with E-state index in [1.807, 2.05) is 63.2 Å². The SMILES string of the molecule is Cc1cc(C)c(NC(=O)[C@@H](Cc2ccccc2)NS(=O)(=O)c2ccc(F)cc2)c(C)c1. The summed E-state index contributed by atoms with van der Waals surface area (Å²) in [6.45, 7) is 5.76. The lowest BCUT2D eigenvalue weighted by molar-refractivity contribution is -0.117. The first-order chi connectivity index (χ1) is 14.7. The molecule has 0 unspecified atom stereocenters. The third-order valence-corrected chi connectivity index (χ3v) is 6.43. The first-order valence-electron chi connectivity index (χ1n) is 9.86. The molecule has 0 saturated carbocycles. The van der Waals surface area contributed by atoms with Gasteiger partial charge in [0.25, 0.3) is 0 Å². The Kier molecular flexibility index (Phi) is 6.87. The van der Waals surface area contributed by atoms with Crippen LogP contribution in [-0.2, 0) is 21.2 Å². The Hall–Kier alpha value is -3.03. The molecule has 0 bridgehead atoms. The minimum atomic E-state index is -4.04. The molecule has 1 atom stereocenters. The van der Waals surface area contributed by atoms with Crippen LogP contribution in [-0.4, -0.2) is 20.4 Å². The molecule has 1 amide bonds. The highest BCUT2D eigenvalue weighted by molar-refractivity contribution is 7.89. The van der Waals surface area contributed by atoms with E-state index in [0.29, 0.717) is 5.69 Å². The van der Waals surface area contributed by atoms with E-state index in [4.69, 9.17) is 0 Å². The number of nitrogens with one attached hydrogen (secondary N) is 2. The number of sulfonamides is 1.